The van der Waals surface area contributed by atoms with Crippen molar-refractivity contribution >= 4 is 11.6 Å². The SMILES string of the molecule is O=C(O)c1cnc2ccc(OCCO)cn12. The highest BCUT2D eigenvalue weighted by Crippen LogP contribution is 2.14. The molecule has 2 heterocycles. The highest BCUT2D eigenvalue weighted by molar-refractivity contribution is 5.86. The average Bonchev–Trinajstić information content (AvgIpc) is 2.69. The summed E-state index contributed by atoms with van der Waals surface area (Å²) in [5.41, 5.74) is 0.609. The summed E-state index contributed by atoms with van der Waals surface area (Å²) in [5, 5.41) is 17.5. The predicted octanol–water partition coefficient (Wildman–Crippen LogP) is 0.404. The Morgan fingerprint density at radius 2 is 2.31 bits per heavy atom. The van der Waals surface area contributed by atoms with Crippen molar-refractivity contribution in [3.8, 4) is 5.75 Å². The molecule has 0 aromatic carbocycles. The molecule has 6 nitrogen and oxygen atoms in total. The molecule has 0 atom stereocenters. The molecule has 0 aliphatic rings. The Morgan fingerprint density at radius 3 is 3.00 bits per heavy atom. The van der Waals surface area contributed by atoms with Crippen molar-refractivity contribution in [2.45, 2.75) is 0 Å². The van der Waals surface area contributed by atoms with E-state index in [2.05, 4.69) is 4.98 Å². The van der Waals surface area contributed by atoms with Crippen LogP contribution in [0.1, 0.15) is 10.5 Å². The van der Waals surface area contributed by atoms with Crippen LogP contribution in [-0.4, -0.2) is 38.8 Å². The van der Waals surface area contributed by atoms with Gasteiger partial charge in [0.15, 0.2) is 5.69 Å². The molecule has 2 rings (SSSR count). The second-order valence-electron chi connectivity index (χ2n) is 3.11. The van der Waals surface area contributed by atoms with Gasteiger partial charge in [0.25, 0.3) is 0 Å². The summed E-state index contributed by atoms with van der Waals surface area (Å²) in [4.78, 5) is 14.8. The number of aliphatic hydroxyl groups excluding tert-OH is 1. The molecule has 0 aliphatic heterocycles. The molecule has 0 unspecified atom stereocenters. The lowest BCUT2D eigenvalue weighted by Gasteiger charge is -2.04. The van der Waals surface area contributed by atoms with Crippen LogP contribution in [0.2, 0.25) is 0 Å². The van der Waals surface area contributed by atoms with Gasteiger partial charge in [0.1, 0.15) is 18.0 Å². The Bertz CT molecular complexity index is 521. The monoisotopic (exact) mass is 222 g/mol. The molecule has 0 spiro atoms. The zero-order valence-electron chi connectivity index (χ0n) is 8.33. The Labute approximate surface area is 90.7 Å². The molecule has 0 aliphatic carbocycles. The number of hydrogen-bond acceptors (Lipinski definition) is 4. The molecule has 0 saturated heterocycles. The van der Waals surface area contributed by atoms with Crippen molar-refractivity contribution < 1.29 is 19.7 Å². The Kier molecular flexibility index (Phi) is 2.74. The molecular weight excluding hydrogens is 212 g/mol. The first kappa shape index (κ1) is 10.4. The van der Waals surface area contributed by atoms with Crippen molar-refractivity contribution in [3.05, 3.63) is 30.2 Å². The number of pyridine rings is 1. The van der Waals surface area contributed by atoms with Crippen LogP contribution in [0.3, 0.4) is 0 Å². The molecule has 0 radical (unpaired) electrons. The topological polar surface area (TPSA) is 84.1 Å². The van der Waals surface area contributed by atoms with Crippen LogP contribution in [0.4, 0.5) is 0 Å². The number of carbonyl (C=O) groups is 1. The number of imidazole rings is 1. The first-order valence-electron chi connectivity index (χ1n) is 4.66. The predicted molar refractivity (Wildman–Crippen MR) is 54.7 cm³/mol. The maximum atomic E-state index is 10.9. The van der Waals surface area contributed by atoms with Crippen LogP contribution in [0.15, 0.2) is 24.5 Å². The van der Waals surface area contributed by atoms with Gasteiger partial charge in [-0.15, -0.1) is 0 Å². The number of aromatic nitrogens is 2. The third-order valence-corrected chi connectivity index (χ3v) is 2.06. The summed E-state index contributed by atoms with van der Waals surface area (Å²) < 4.78 is 6.60. The first-order valence-corrected chi connectivity index (χ1v) is 4.66. The van der Waals surface area contributed by atoms with Crippen molar-refractivity contribution in [3.63, 3.8) is 0 Å². The number of rotatable bonds is 4. The standard InChI is InChI=1S/C10H10N2O4/c13-3-4-16-7-1-2-9-11-5-8(10(14)15)12(9)6-7/h1-2,5-6,13H,3-4H2,(H,14,15). The Morgan fingerprint density at radius 1 is 1.50 bits per heavy atom. The van der Waals surface area contributed by atoms with Crippen LogP contribution in [0, 0.1) is 0 Å². The lowest BCUT2D eigenvalue weighted by atomic mass is 10.4. The molecule has 84 valence electrons. The molecule has 6 heteroatoms. The maximum Gasteiger partial charge on any atom is 0.354 e. The maximum absolute atomic E-state index is 10.9. The van der Waals surface area contributed by atoms with E-state index in [1.165, 1.54) is 16.8 Å². The van der Waals surface area contributed by atoms with Crippen LogP contribution < -0.4 is 4.74 Å². The van der Waals surface area contributed by atoms with Gasteiger partial charge < -0.3 is 14.9 Å². The van der Waals surface area contributed by atoms with Gasteiger partial charge in [-0.3, -0.25) is 4.40 Å². The molecule has 0 fully saturated rings. The largest absolute Gasteiger partial charge is 0.490 e. The third kappa shape index (κ3) is 1.82. The van der Waals surface area contributed by atoms with E-state index in [0.717, 1.165) is 0 Å². The van der Waals surface area contributed by atoms with Gasteiger partial charge in [0.2, 0.25) is 0 Å². The van der Waals surface area contributed by atoms with Crippen LogP contribution in [0.25, 0.3) is 5.65 Å². The molecule has 16 heavy (non-hydrogen) atoms. The number of aliphatic hydroxyl groups is 1. The second-order valence-corrected chi connectivity index (χ2v) is 3.11. The summed E-state index contributed by atoms with van der Waals surface area (Å²) in [6, 6.07) is 3.32. The lowest BCUT2D eigenvalue weighted by Crippen LogP contribution is -2.04. The van der Waals surface area contributed by atoms with Gasteiger partial charge >= 0.3 is 5.97 Å². The molecule has 0 amide bonds. The fraction of sp³-hybridized carbons (Fsp3) is 0.200. The van der Waals surface area contributed by atoms with Crippen molar-refractivity contribution in [2.75, 3.05) is 13.2 Å². The molecule has 0 saturated carbocycles. The number of fused-ring (bicyclic) bond motifs is 1. The Hall–Kier alpha value is -2.08. The molecule has 2 N–H and O–H groups in total. The first-order chi connectivity index (χ1) is 7.72. The summed E-state index contributed by atoms with van der Waals surface area (Å²) in [7, 11) is 0. The normalized spacial score (nSPS) is 10.6. The fourth-order valence-corrected chi connectivity index (χ4v) is 1.37. The van der Waals surface area contributed by atoms with E-state index in [1.807, 2.05) is 0 Å². The molecule has 2 aromatic rings. The van der Waals surface area contributed by atoms with Crippen LogP contribution in [0.5, 0.6) is 5.75 Å². The van der Waals surface area contributed by atoms with E-state index >= 15 is 0 Å². The van der Waals surface area contributed by atoms with Crippen molar-refractivity contribution in [1.29, 1.82) is 0 Å². The number of aromatic carboxylic acids is 1. The highest BCUT2D eigenvalue weighted by Gasteiger charge is 2.10. The summed E-state index contributed by atoms with van der Waals surface area (Å²) in [5.74, 6) is -0.561. The van der Waals surface area contributed by atoms with Crippen molar-refractivity contribution in [1.82, 2.24) is 9.38 Å². The van der Waals surface area contributed by atoms with E-state index in [1.54, 1.807) is 12.1 Å². The van der Waals surface area contributed by atoms with Gasteiger partial charge in [-0.2, -0.15) is 0 Å². The van der Waals surface area contributed by atoms with E-state index in [-0.39, 0.29) is 18.9 Å². The van der Waals surface area contributed by atoms with Gasteiger partial charge in [-0.25, -0.2) is 9.78 Å². The highest BCUT2D eigenvalue weighted by atomic mass is 16.5. The zero-order valence-corrected chi connectivity index (χ0v) is 8.33. The summed E-state index contributed by atoms with van der Waals surface area (Å²) in [6.07, 6.45) is 2.81. The molecular formula is C10H10N2O4. The van der Waals surface area contributed by atoms with Gasteiger partial charge in [0.05, 0.1) is 19.0 Å². The smallest absolute Gasteiger partial charge is 0.354 e. The van der Waals surface area contributed by atoms with E-state index in [0.29, 0.717) is 11.4 Å². The Balaban J connectivity index is 2.42. The number of ether oxygens (including phenoxy) is 1. The van der Waals surface area contributed by atoms with E-state index in [9.17, 15) is 4.79 Å². The lowest BCUT2D eigenvalue weighted by molar-refractivity contribution is 0.0689. The summed E-state index contributed by atoms with van der Waals surface area (Å²) >= 11 is 0. The van der Waals surface area contributed by atoms with Crippen LogP contribution >= 0.6 is 0 Å². The minimum absolute atomic E-state index is 0.0736. The van der Waals surface area contributed by atoms with Gasteiger partial charge in [-0.05, 0) is 12.1 Å². The minimum atomic E-state index is -1.05. The third-order valence-electron chi connectivity index (χ3n) is 2.06. The van der Waals surface area contributed by atoms with Gasteiger partial charge in [0, 0.05) is 0 Å². The van der Waals surface area contributed by atoms with E-state index in [4.69, 9.17) is 14.9 Å². The zero-order chi connectivity index (χ0) is 11.5. The number of carboxylic acid groups (broad SMARTS) is 1. The van der Waals surface area contributed by atoms with Crippen LogP contribution in [-0.2, 0) is 0 Å². The summed E-state index contributed by atoms with van der Waals surface area (Å²) in [6.45, 7) is 0.0797. The number of carboxylic acids is 1. The number of hydrogen-bond donors (Lipinski definition) is 2. The molecule has 2 aromatic heterocycles. The molecule has 0 bridgehead atoms. The quantitative estimate of drug-likeness (QED) is 0.782. The van der Waals surface area contributed by atoms with Gasteiger partial charge in [-0.1, -0.05) is 0 Å². The van der Waals surface area contributed by atoms with Crippen molar-refractivity contribution in [2.24, 2.45) is 0 Å². The number of nitrogens with zero attached hydrogens (tertiary/aromatic N) is 2. The minimum Gasteiger partial charge on any atom is -0.490 e. The van der Waals surface area contributed by atoms with E-state index < -0.39 is 5.97 Å². The fourth-order valence-electron chi connectivity index (χ4n) is 1.37. The average molecular weight is 222 g/mol. The second kappa shape index (κ2) is 4.19.